The zero-order valence-corrected chi connectivity index (χ0v) is 19.6. The van der Waals surface area contributed by atoms with Crippen molar-refractivity contribution < 1.29 is 22.8 Å². The van der Waals surface area contributed by atoms with Crippen molar-refractivity contribution in [2.75, 3.05) is 21.3 Å². The fourth-order valence-electron chi connectivity index (χ4n) is 3.40. The van der Waals surface area contributed by atoms with Crippen molar-refractivity contribution in [1.29, 1.82) is 0 Å². The van der Waals surface area contributed by atoms with E-state index in [1.807, 2.05) is 18.2 Å². The largest absolute Gasteiger partial charge is 0.540 e. The molecule has 1 aromatic carbocycles. The van der Waals surface area contributed by atoms with Gasteiger partial charge < -0.3 is 22.8 Å². The summed E-state index contributed by atoms with van der Waals surface area (Å²) in [6, 6.07) is 5.82. The Morgan fingerprint density at radius 2 is 1.26 bits per heavy atom. The summed E-state index contributed by atoms with van der Waals surface area (Å²) in [5, 5.41) is 0.781. The van der Waals surface area contributed by atoms with Crippen LogP contribution in [0.5, 0.6) is 11.5 Å². The molecule has 0 aromatic heterocycles. The lowest BCUT2D eigenvalue weighted by atomic mass is 10.0. The normalized spacial score (nSPS) is 12.9. The predicted molar refractivity (Wildman–Crippen MR) is 112 cm³/mol. The average Bonchev–Trinajstić information content (AvgIpc) is 2.58. The van der Waals surface area contributed by atoms with Gasteiger partial charge in [0.2, 0.25) is 0 Å². The highest BCUT2D eigenvalue weighted by Crippen LogP contribution is 2.35. The molecule has 5 nitrogen and oxygen atoms in total. The van der Waals surface area contributed by atoms with Gasteiger partial charge >= 0.3 is 8.80 Å². The topological polar surface area (TPSA) is 46.2 Å². The van der Waals surface area contributed by atoms with Crippen LogP contribution in [0.1, 0.15) is 67.2 Å². The van der Waals surface area contributed by atoms with Crippen LogP contribution in [-0.2, 0) is 13.3 Å². The second-order valence-electron chi connectivity index (χ2n) is 8.02. The lowest BCUT2D eigenvalue weighted by molar-refractivity contribution is 0.0665. The Morgan fingerprint density at radius 3 is 1.70 bits per heavy atom. The van der Waals surface area contributed by atoms with Gasteiger partial charge in [0, 0.05) is 21.3 Å². The van der Waals surface area contributed by atoms with E-state index < -0.39 is 8.80 Å². The standard InChI is InChI=1S/C21H38O5Si/c1-10-15-20(3,4)25-17-13-12-14-18(27(22-7,23-8)24-9)19(17)26-21(5,6)16-11-2/h12-14H,10-11,15-16H2,1-9H3. The van der Waals surface area contributed by atoms with Gasteiger partial charge in [-0.1, -0.05) is 38.8 Å². The van der Waals surface area contributed by atoms with Gasteiger partial charge in [-0.2, -0.15) is 0 Å². The molecule has 0 heterocycles. The van der Waals surface area contributed by atoms with Crippen molar-refractivity contribution in [1.82, 2.24) is 0 Å². The number of hydrogen-bond donors (Lipinski definition) is 0. The molecule has 0 spiro atoms. The molecule has 0 radical (unpaired) electrons. The molecule has 0 fully saturated rings. The maximum Gasteiger partial charge on any atom is 0.540 e. The number of benzene rings is 1. The van der Waals surface area contributed by atoms with E-state index in [0.717, 1.165) is 30.9 Å². The molecule has 0 saturated heterocycles. The van der Waals surface area contributed by atoms with E-state index in [9.17, 15) is 0 Å². The van der Waals surface area contributed by atoms with Crippen LogP contribution in [0.4, 0.5) is 0 Å². The molecule has 1 aromatic rings. The summed E-state index contributed by atoms with van der Waals surface area (Å²) in [7, 11) is 1.73. The Morgan fingerprint density at radius 1 is 0.778 bits per heavy atom. The Hall–Kier alpha value is -1.08. The van der Waals surface area contributed by atoms with E-state index in [2.05, 4.69) is 41.5 Å². The van der Waals surface area contributed by atoms with Gasteiger partial charge in [-0.3, -0.25) is 0 Å². The van der Waals surface area contributed by atoms with Crippen molar-refractivity contribution in [3.63, 3.8) is 0 Å². The van der Waals surface area contributed by atoms with Crippen LogP contribution in [0.2, 0.25) is 0 Å². The Bertz CT molecular complexity index is 574. The van der Waals surface area contributed by atoms with Crippen LogP contribution in [0.3, 0.4) is 0 Å². The lowest BCUT2D eigenvalue weighted by Gasteiger charge is -2.34. The third-order valence-corrected chi connectivity index (χ3v) is 7.25. The number of para-hydroxylation sites is 1. The molecular weight excluding hydrogens is 360 g/mol. The number of rotatable bonds is 12. The van der Waals surface area contributed by atoms with E-state index in [1.165, 1.54) is 0 Å². The molecule has 0 bridgehead atoms. The van der Waals surface area contributed by atoms with Crippen LogP contribution in [0.25, 0.3) is 0 Å². The fourth-order valence-corrected chi connectivity index (χ4v) is 5.32. The Kier molecular flexibility index (Phi) is 8.80. The van der Waals surface area contributed by atoms with Gasteiger partial charge in [-0.15, -0.1) is 0 Å². The fraction of sp³-hybridized carbons (Fsp3) is 0.714. The minimum Gasteiger partial charge on any atom is -0.484 e. The maximum atomic E-state index is 6.51. The van der Waals surface area contributed by atoms with Gasteiger partial charge in [-0.25, -0.2) is 0 Å². The molecule has 156 valence electrons. The van der Waals surface area contributed by atoms with Crippen LogP contribution >= 0.6 is 0 Å². The Balaban J connectivity index is 3.53. The van der Waals surface area contributed by atoms with Gasteiger partial charge in [-0.05, 0) is 46.6 Å². The second-order valence-corrected chi connectivity index (χ2v) is 10.9. The molecule has 0 aliphatic heterocycles. The SMILES string of the molecule is CCCC(C)(C)Oc1cccc([Si](OC)(OC)OC)c1OC(C)(C)CCC. The monoisotopic (exact) mass is 398 g/mol. The molecule has 0 unspecified atom stereocenters. The first-order valence-corrected chi connectivity index (χ1v) is 11.5. The molecule has 0 aliphatic carbocycles. The van der Waals surface area contributed by atoms with E-state index in [1.54, 1.807) is 21.3 Å². The molecule has 0 atom stereocenters. The van der Waals surface area contributed by atoms with Gasteiger partial charge in [0.25, 0.3) is 0 Å². The zero-order chi connectivity index (χ0) is 20.7. The Labute approximate surface area is 166 Å². The minimum absolute atomic E-state index is 0.308. The van der Waals surface area contributed by atoms with Crippen molar-refractivity contribution in [2.45, 2.75) is 78.4 Å². The third kappa shape index (κ3) is 6.21. The van der Waals surface area contributed by atoms with Crippen LogP contribution in [0.15, 0.2) is 18.2 Å². The van der Waals surface area contributed by atoms with Gasteiger partial charge in [0.15, 0.2) is 11.5 Å². The smallest absolute Gasteiger partial charge is 0.484 e. The zero-order valence-electron chi connectivity index (χ0n) is 18.6. The van der Waals surface area contributed by atoms with Crippen molar-refractivity contribution in [2.24, 2.45) is 0 Å². The summed E-state index contributed by atoms with van der Waals surface area (Å²) in [6.07, 6.45) is 3.92. The van der Waals surface area contributed by atoms with Crippen molar-refractivity contribution in [3.8, 4) is 11.5 Å². The molecule has 0 saturated carbocycles. The highest BCUT2D eigenvalue weighted by atomic mass is 28.4. The van der Waals surface area contributed by atoms with Crippen molar-refractivity contribution in [3.05, 3.63) is 18.2 Å². The average molecular weight is 399 g/mol. The first kappa shape index (κ1) is 24.0. The summed E-state index contributed by atoms with van der Waals surface area (Å²) in [5.41, 5.74) is -0.662. The molecule has 1 rings (SSSR count). The summed E-state index contributed by atoms with van der Waals surface area (Å²) in [5.74, 6) is 1.34. The van der Waals surface area contributed by atoms with Crippen LogP contribution in [0, 0.1) is 0 Å². The third-order valence-electron chi connectivity index (χ3n) is 4.58. The molecule has 6 heteroatoms. The van der Waals surface area contributed by atoms with Gasteiger partial charge in [0.1, 0.15) is 11.2 Å². The van der Waals surface area contributed by atoms with Crippen LogP contribution in [-0.4, -0.2) is 41.3 Å². The molecule has 0 N–H and O–H groups in total. The summed E-state index contributed by atoms with van der Waals surface area (Å²) >= 11 is 0. The number of ether oxygens (including phenoxy) is 2. The molecular formula is C21H38O5Si. The second kappa shape index (κ2) is 9.91. The summed E-state index contributed by atoms with van der Waals surface area (Å²) < 4.78 is 30.1. The summed E-state index contributed by atoms with van der Waals surface area (Å²) in [4.78, 5) is 0. The van der Waals surface area contributed by atoms with E-state index in [0.29, 0.717) is 11.5 Å². The predicted octanol–water partition coefficient (Wildman–Crippen LogP) is 4.69. The highest BCUT2D eigenvalue weighted by molar-refractivity contribution is 6.76. The van der Waals surface area contributed by atoms with E-state index >= 15 is 0 Å². The quantitative estimate of drug-likeness (QED) is 0.478. The molecule has 0 aliphatic rings. The lowest BCUT2D eigenvalue weighted by Crippen LogP contribution is -2.55. The van der Waals surface area contributed by atoms with E-state index in [4.69, 9.17) is 22.8 Å². The van der Waals surface area contributed by atoms with Gasteiger partial charge in [0.05, 0.1) is 5.19 Å². The van der Waals surface area contributed by atoms with Crippen molar-refractivity contribution >= 4 is 14.0 Å². The summed E-state index contributed by atoms with van der Waals surface area (Å²) in [6.45, 7) is 12.7. The first-order valence-electron chi connectivity index (χ1n) is 9.77. The van der Waals surface area contributed by atoms with E-state index in [-0.39, 0.29) is 11.2 Å². The number of hydrogen-bond acceptors (Lipinski definition) is 5. The first-order chi connectivity index (χ1) is 12.6. The maximum absolute atomic E-state index is 6.51. The molecule has 0 amide bonds. The highest BCUT2D eigenvalue weighted by Gasteiger charge is 2.45. The molecule has 27 heavy (non-hydrogen) atoms. The minimum atomic E-state index is -3.09. The van der Waals surface area contributed by atoms with Crippen LogP contribution < -0.4 is 14.7 Å².